The van der Waals surface area contributed by atoms with Gasteiger partial charge in [-0.05, 0) is 46.9 Å². The van der Waals surface area contributed by atoms with E-state index in [1.54, 1.807) is 12.1 Å². The van der Waals surface area contributed by atoms with Crippen LogP contribution in [0.2, 0.25) is 0 Å². The quantitative estimate of drug-likeness (QED) is 0.600. The fraction of sp³-hybridized carbons (Fsp3) is 0.143. The summed E-state index contributed by atoms with van der Waals surface area (Å²) in [4.78, 5) is 0. The molecule has 0 amide bonds. The SMILES string of the molecule is FC(F)(Cl)Oc1ccc(I)cc1. The largest absolute Gasteiger partial charge is 0.487 e. The molecule has 0 aliphatic carbocycles. The van der Waals surface area contributed by atoms with Gasteiger partial charge in [-0.1, -0.05) is 0 Å². The summed E-state index contributed by atoms with van der Waals surface area (Å²) in [6, 6.07) is 6.16. The van der Waals surface area contributed by atoms with Gasteiger partial charge in [-0.2, -0.15) is 0 Å². The molecule has 0 N–H and O–H groups in total. The van der Waals surface area contributed by atoms with Crippen LogP contribution in [-0.4, -0.2) is 5.57 Å². The Labute approximate surface area is 86.8 Å². The van der Waals surface area contributed by atoms with Crippen molar-refractivity contribution in [3.05, 3.63) is 27.8 Å². The summed E-state index contributed by atoms with van der Waals surface area (Å²) >= 11 is 6.61. The van der Waals surface area contributed by atoms with E-state index in [0.29, 0.717) is 0 Å². The number of hydrogen-bond donors (Lipinski definition) is 0. The zero-order valence-corrected chi connectivity index (χ0v) is 8.64. The highest BCUT2D eigenvalue weighted by atomic mass is 127. The number of ether oxygens (including phenoxy) is 1. The maximum atomic E-state index is 12.0. The molecule has 0 radical (unpaired) electrons. The van der Waals surface area contributed by atoms with Crippen LogP contribution in [0, 0.1) is 3.57 Å². The predicted molar refractivity (Wildman–Crippen MR) is 50.6 cm³/mol. The second-order valence-corrected chi connectivity index (χ2v) is 3.69. The van der Waals surface area contributed by atoms with E-state index in [2.05, 4.69) is 38.9 Å². The molecule has 0 bridgehead atoms. The Balaban J connectivity index is 2.71. The lowest BCUT2D eigenvalue weighted by Gasteiger charge is -2.09. The average molecular weight is 304 g/mol. The van der Waals surface area contributed by atoms with E-state index in [4.69, 9.17) is 0 Å². The molecule has 0 saturated heterocycles. The van der Waals surface area contributed by atoms with E-state index in [9.17, 15) is 8.78 Å². The minimum absolute atomic E-state index is 0.0513. The van der Waals surface area contributed by atoms with Crippen LogP contribution in [-0.2, 0) is 0 Å². The van der Waals surface area contributed by atoms with Crippen molar-refractivity contribution in [2.24, 2.45) is 0 Å². The van der Waals surface area contributed by atoms with Gasteiger partial charge in [0.25, 0.3) is 0 Å². The minimum atomic E-state index is -3.63. The van der Waals surface area contributed by atoms with E-state index < -0.39 is 5.57 Å². The van der Waals surface area contributed by atoms with E-state index >= 15 is 0 Å². The second kappa shape index (κ2) is 3.74. The van der Waals surface area contributed by atoms with Crippen molar-refractivity contribution in [2.75, 3.05) is 0 Å². The minimum Gasteiger partial charge on any atom is -0.420 e. The van der Waals surface area contributed by atoms with Crippen molar-refractivity contribution in [3.63, 3.8) is 0 Å². The average Bonchev–Trinajstić information content (AvgIpc) is 1.91. The summed E-state index contributed by atoms with van der Waals surface area (Å²) in [6.45, 7) is 0. The van der Waals surface area contributed by atoms with Crippen LogP contribution in [0.15, 0.2) is 24.3 Å². The van der Waals surface area contributed by atoms with Crippen LogP contribution in [0.1, 0.15) is 0 Å². The monoisotopic (exact) mass is 304 g/mol. The molecule has 0 aliphatic rings. The van der Waals surface area contributed by atoms with Gasteiger partial charge in [0.2, 0.25) is 0 Å². The van der Waals surface area contributed by atoms with Crippen molar-refractivity contribution < 1.29 is 13.5 Å². The molecule has 0 atom stereocenters. The van der Waals surface area contributed by atoms with Gasteiger partial charge < -0.3 is 4.74 Å². The standard InChI is InChI=1S/C7H4ClF2IO/c8-7(9,10)12-6-3-1-5(11)2-4-6/h1-4H. The lowest BCUT2D eigenvalue weighted by Crippen LogP contribution is -2.15. The Morgan fingerprint density at radius 3 is 2.17 bits per heavy atom. The number of alkyl halides is 3. The molecular weight excluding hydrogens is 300 g/mol. The molecule has 12 heavy (non-hydrogen) atoms. The van der Waals surface area contributed by atoms with E-state index in [0.717, 1.165) is 3.57 Å². The zero-order valence-electron chi connectivity index (χ0n) is 5.73. The molecule has 1 aromatic carbocycles. The lowest BCUT2D eigenvalue weighted by atomic mass is 10.3. The second-order valence-electron chi connectivity index (χ2n) is 2.00. The molecule has 1 rings (SSSR count). The summed E-state index contributed by atoms with van der Waals surface area (Å²) in [5, 5.41) is 0. The smallest absolute Gasteiger partial charge is 0.420 e. The van der Waals surface area contributed by atoms with Crippen molar-refractivity contribution in [2.45, 2.75) is 5.57 Å². The molecule has 0 spiro atoms. The first-order chi connectivity index (χ1) is 5.47. The fourth-order valence-electron chi connectivity index (χ4n) is 0.636. The molecule has 1 aromatic rings. The number of halogens is 4. The molecule has 0 aliphatic heterocycles. The topological polar surface area (TPSA) is 9.23 Å². The first-order valence-electron chi connectivity index (χ1n) is 2.99. The molecule has 1 nitrogen and oxygen atoms in total. The van der Waals surface area contributed by atoms with E-state index in [1.165, 1.54) is 12.1 Å². The first-order valence-corrected chi connectivity index (χ1v) is 4.44. The fourth-order valence-corrected chi connectivity index (χ4v) is 1.08. The Morgan fingerprint density at radius 1 is 1.25 bits per heavy atom. The van der Waals surface area contributed by atoms with Gasteiger partial charge in [0.15, 0.2) is 0 Å². The van der Waals surface area contributed by atoms with Crippen molar-refractivity contribution in [3.8, 4) is 5.75 Å². The van der Waals surface area contributed by atoms with Crippen molar-refractivity contribution >= 4 is 34.2 Å². The molecule has 0 aromatic heterocycles. The van der Waals surface area contributed by atoms with Gasteiger partial charge in [0.1, 0.15) is 5.75 Å². The Morgan fingerprint density at radius 2 is 1.75 bits per heavy atom. The highest BCUT2D eigenvalue weighted by molar-refractivity contribution is 14.1. The molecular formula is C7H4ClF2IO. The maximum absolute atomic E-state index is 12.0. The summed E-state index contributed by atoms with van der Waals surface area (Å²) in [5.74, 6) is 0.0513. The molecule has 0 saturated carbocycles. The van der Waals surface area contributed by atoms with Crippen LogP contribution in [0.5, 0.6) is 5.75 Å². The van der Waals surface area contributed by atoms with E-state index in [1.807, 2.05) is 0 Å². The molecule has 0 unspecified atom stereocenters. The highest BCUT2D eigenvalue weighted by Crippen LogP contribution is 2.25. The van der Waals surface area contributed by atoms with Crippen molar-refractivity contribution in [1.29, 1.82) is 0 Å². The third-order valence-corrected chi connectivity index (χ3v) is 1.84. The Bertz CT molecular complexity index is 257. The van der Waals surface area contributed by atoms with Crippen LogP contribution in [0.3, 0.4) is 0 Å². The highest BCUT2D eigenvalue weighted by Gasteiger charge is 2.27. The maximum Gasteiger partial charge on any atom is 0.487 e. The van der Waals surface area contributed by atoms with Gasteiger partial charge >= 0.3 is 5.57 Å². The molecule has 5 heteroatoms. The van der Waals surface area contributed by atoms with Crippen LogP contribution < -0.4 is 4.74 Å². The van der Waals surface area contributed by atoms with Crippen LogP contribution in [0.4, 0.5) is 8.78 Å². The number of rotatable bonds is 2. The van der Waals surface area contributed by atoms with E-state index in [-0.39, 0.29) is 5.75 Å². The predicted octanol–water partition coefficient (Wildman–Crippen LogP) is 3.46. The number of hydrogen-bond acceptors (Lipinski definition) is 1. The normalized spacial score (nSPS) is 11.3. The summed E-state index contributed by atoms with van der Waals surface area (Å²) < 4.78 is 29.1. The first kappa shape index (κ1) is 9.98. The van der Waals surface area contributed by atoms with Gasteiger partial charge in [-0.15, -0.1) is 8.78 Å². The van der Waals surface area contributed by atoms with Gasteiger partial charge in [-0.3, -0.25) is 0 Å². The van der Waals surface area contributed by atoms with Gasteiger partial charge in [0.05, 0.1) is 0 Å². The molecule has 0 heterocycles. The molecule has 0 fully saturated rings. The Kier molecular flexibility index (Phi) is 3.11. The third kappa shape index (κ3) is 3.53. The number of benzene rings is 1. The summed E-state index contributed by atoms with van der Waals surface area (Å²) in [7, 11) is 0. The third-order valence-electron chi connectivity index (χ3n) is 1.05. The van der Waals surface area contributed by atoms with Crippen molar-refractivity contribution in [1.82, 2.24) is 0 Å². The Hall–Kier alpha value is -0.100. The van der Waals surface area contributed by atoms with Gasteiger partial charge in [0, 0.05) is 15.2 Å². The summed E-state index contributed by atoms with van der Waals surface area (Å²) in [5.41, 5.74) is -3.63. The molecule has 66 valence electrons. The summed E-state index contributed by atoms with van der Waals surface area (Å²) in [6.07, 6.45) is 0. The van der Waals surface area contributed by atoms with Crippen LogP contribution in [0.25, 0.3) is 0 Å². The van der Waals surface area contributed by atoms with Gasteiger partial charge in [-0.25, -0.2) is 0 Å². The lowest BCUT2D eigenvalue weighted by molar-refractivity contribution is -0.0964. The van der Waals surface area contributed by atoms with Crippen LogP contribution >= 0.6 is 34.2 Å². The zero-order chi connectivity index (χ0) is 9.19.